The minimum absolute atomic E-state index is 0.0677. The number of esters is 1. The number of hydrogen-bond acceptors (Lipinski definition) is 8. The Labute approximate surface area is 297 Å². The average molecular weight is 838 g/mol. The molecule has 46 heavy (non-hydrogen) atoms. The van der Waals surface area contributed by atoms with Gasteiger partial charge in [-0.05, 0) is 125 Å². The predicted molar refractivity (Wildman–Crippen MR) is 192 cm³/mol. The Morgan fingerprint density at radius 3 is 2.54 bits per heavy atom. The highest BCUT2D eigenvalue weighted by atomic mass is 127. The molecule has 0 N–H and O–H groups in total. The van der Waals surface area contributed by atoms with Crippen molar-refractivity contribution in [2.24, 2.45) is 4.99 Å². The van der Waals surface area contributed by atoms with Crippen LogP contribution in [0.5, 0.6) is 17.2 Å². The number of thiazole rings is 1. The summed E-state index contributed by atoms with van der Waals surface area (Å²) in [5, 5.41) is 0.668. The number of halogens is 3. The van der Waals surface area contributed by atoms with Gasteiger partial charge in [-0.15, -0.1) is 0 Å². The Morgan fingerprint density at radius 2 is 1.89 bits per heavy atom. The van der Waals surface area contributed by atoms with Crippen molar-refractivity contribution in [3.8, 4) is 17.2 Å². The molecule has 4 aromatic rings. The summed E-state index contributed by atoms with van der Waals surface area (Å²) in [4.78, 5) is 32.6. The maximum Gasteiger partial charge on any atom is 0.338 e. The van der Waals surface area contributed by atoms with Crippen LogP contribution in [-0.4, -0.2) is 30.4 Å². The van der Waals surface area contributed by atoms with Crippen LogP contribution in [0.4, 0.5) is 0 Å². The van der Waals surface area contributed by atoms with E-state index in [1.54, 1.807) is 37.7 Å². The van der Waals surface area contributed by atoms with Crippen molar-refractivity contribution in [2.75, 3.05) is 13.7 Å². The van der Waals surface area contributed by atoms with E-state index >= 15 is 0 Å². The van der Waals surface area contributed by atoms with Crippen LogP contribution in [0.25, 0.3) is 6.08 Å². The number of carbonyl (C=O) groups is 1. The zero-order valence-electron chi connectivity index (χ0n) is 25.7. The van der Waals surface area contributed by atoms with Crippen molar-refractivity contribution in [1.29, 1.82) is 0 Å². The number of hydrogen-bond donors (Lipinski definition) is 0. The molecule has 0 radical (unpaired) electrons. The number of carbonyl (C=O) groups excluding carboxylic acids is 1. The van der Waals surface area contributed by atoms with Crippen molar-refractivity contribution >= 4 is 73.5 Å². The molecule has 1 aromatic heterocycles. The van der Waals surface area contributed by atoms with E-state index in [2.05, 4.69) is 43.5 Å². The van der Waals surface area contributed by atoms with Gasteiger partial charge in [0.05, 0.1) is 49.7 Å². The zero-order chi connectivity index (χ0) is 33.1. The Morgan fingerprint density at radius 1 is 1.15 bits per heavy atom. The molecule has 1 atom stereocenters. The van der Waals surface area contributed by atoms with Crippen molar-refractivity contribution in [3.63, 3.8) is 0 Å². The highest BCUT2D eigenvalue weighted by Gasteiger charge is 2.34. The molecule has 3 aromatic carbocycles. The maximum absolute atomic E-state index is 14.1. The van der Waals surface area contributed by atoms with Gasteiger partial charge in [0.25, 0.3) is 5.56 Å². The first-order valence-electron chi connectivity index (χ1n) is 14.4. The minimum Gasteiger partial charge on any atom is -0.493 e. The molecule has 0 fully saturated rings. The van der Waals surface area contributed by atoms with Crippen LogP contribution in [-0.2, 0) is 16.1 Å². The van der Waals surface area contributed by atoms with Gasteiger partial charge in [0.2, 0.25) is 0 Å². The SMILES string of the molecule is CCOC(=O)C1=C(C)N=c2s/c(=C\c3cc(Br)c(OCc4ccc(Cl)cc4)c(I)c3)c(=O)n2[C@H]1c1ccc(OC(C)C)c(OC)c1. The normalized spacial score (nSPS) is 14.6. The summed E-state index contributed by atoms with van der Waals surface area (Å²) in [6.07, 6.45) is 1.75. The number of aromatic nitrogens is 1. The maximum atomic E-state index is 14.1. The standard InChI is InChI=1S/C34H31BrClIN2O6S/c1-6-43-33(41)29-19(4)38-34-39(30(29)22-9-12-26(45-18(2)3)27(16-22)42-5)32(40)28(46-34)15-21-13-24(35)31(25(37)14-21)44-17-20-7-10-23(36)11-8-20/h7-16,18,30H,6,17H2,1-5H3/b28-15-/t30-/m0/s1. The smallest absolute Gasteiger partial charge is 0.338 e. The highest BCUT2D eigenvalue weighted by molar-refractivity contribution is 14.1. The van der Waals surface area contributed by atoms with Crippen LogP contribution in [0.3, 0.4) is 0 Å². The monoisotopic (exact) mass is 836 g/mol. The lowest BCUT2D eigenvalue weighted by atomic mass is 9.95. The van der Waals surface area contributed by atoms with E-state index in [-0.39, 0.29) is 18.3 Å². The first kappa shape index (κ1) is 34.2. The van der Waals surface area contributed by atoms with Crippen molar-refractivity contribution in [1.82, 2.24) is 4.57 Å². The quantitative estimate of drug-likeness (QED) is 0.124. The Bertz CT molecular complexity index is 1980. The third-order valence-corrected chi connectivity index (χ3v) is 9.62. The molecule has 8 nitrogen and oxygen atoms in total. The predicted octanol–water partition coefficient (Wildman–Crippen LogP) is 7.19. The largest absolute Gasteiger partial charge is 0.493 e. The number of fused-ring (bicyclic) bond motifs is 1. The van der Waals surface area contributed by atoms with Gasteiger partial charge in [0.15, 0.2) is 16.3 Å². The number of allylic oxidation sites excluding steroid dienone is 1. The summed E-state index contributed by atoms with van der Waals surface area (Å²) in [6, 6.07) is 16.0. The molecule has 1 aliphatic rings. The molecular weight excluding hydrogens is 807 g/mol. The van der Waals surface area contributed by atoms with E-state index in [4.69, 9.17) is 30.5 Å². The molecule has 12 heteroatoms. The molecule has 2 heterocycles. The number of nitrogens with zero attached hydrogens (tertiary/aromatic N) is 2. The van der Waals surface area contributed by atoms with Gasteiger partial charge in [-0.25, -0.2) is 9.79 Å². The van der Waals surface area contributed by atoms with Gasteiger partial charge >= 0.3 is 5.97 Å². The lowest BCUT2D eigenvalue weighted by Gasteiger charge is -2.25. The third kappa shape index (κ3) is 7.37. The molecule has 0 unspecified atom stereocenters. The second kappa shape index (κ2) is 14.7. The number of methoxy groups -OCH3 is 1. The van der Waals surface area contributed by atoms with Crippen molar-refractivity contribution < 1.29 is 23.7 Å². The molecule has 1 aliphatic heterocycles. The number of ether oxygens (including phenoxy) is 4. The highest BCUT2D eigenvalue weighted by Crippen LogP contribution is 2.37. The first-order chi connectivity index (χ1) is 22.0. The first-order valence-corrected chi connectivity index (χ1v) is 17.5. The van der Waals surface area contributed by atoms with E-state index in [9.17, 15) is 9.59 Å². The summed E-state index contributed by atoms with van der Waals surface area (Å²) in [5.41, 5.74) is 2.95. The summed E-state index contributed by atoms with van der Waals surface area (Å²) < 4.78 is 26.7. The topological polar surface area (TPSA) is 88.4 Å². The summed E-state index contributed by atoms with van der Waals surface area (Å²) in [5.74, 6) is 1.22. The molecule has 5 rings (SSSR count). The zero-order valence-corrected chi connectivity index (χ0v) is 31.0. The molecule has 0 spiro atoms. The Hall–Kier alpha value is -3.13. The van der Waals surface area contributed by atoms with Gasteiger partial charge in [-0.1, -0.05) is 41.1 Å². The van der Waals surface area contributed by atoms with Gasteiger partial charge in [-0.2, -0.15) is 0 Å². The molecule has 0 bridgehead atoms. The molecule has 0 saturated heterocycles. The van der Waals surface area contributed by atoms with Crippen LogP contribution >= 0.6 is 61.5 Å². The van der Waals surface area contributed by atoms with Crippen LogP contribution in [0.1, 0.15) is 50.4 Å². The van der Waals surface area contributed by atoms with E-state index in [1.807, 2.05) is 62.4 Å². The fourth-order valence-corrected chi connectivity index (χ4v) is 7.94. The summed E-state index contributed by atoms with van der Waals surface area (Å²) in [6.45, 7) is 7.92. The van der Waals surface area contributed by atoms with Gasteiger partial charge in [-0.3, -0.25) is 9.36 Å². The number of rotatable bonds is 10. The van der Waals surface area contributed by atoms with Gasteiger partial charge < -0.3 is 18.9 Å². The van der Waals surface area contributed by atoms with Crippen LogP contribution in [0.15, 0.2) is 80.1 Å². The van der Waals surface area contributed by atoms with E-state index in [0.29, 0.717) is 55.0 Å². The molecular formula is C34H31BrClIN2O6S. The third-order valence-electron chi connectivity index (χ3n) is 7.00. The van der Waals surface area contributed by atoms with Crippen molar-refractivity contribution in [3.05, 3.63) is 115 Å². The fraction of sp³-hybridized carbons (Fsp3) is 0.265. The summed E-state index contributed by atoms with van der Waals surface area (Å²) in [7, 11) is 1.55. The minimum atomic E-state index is -0.782. The Kier molecular flexibility index (Phi) is 11.0. The van der Waals surface area contributed by atoms with E-state index in [0.717, 1.165) is 19.2 Å². The molecule has 240 valence electrons. The summed E-state index contributed by atoms with van der Waals surface area (Å²) >= 11 is 13.1. The van der Waals surface area contributed by atoms with Crippen LogP contribution < -0.4 is 29.1 Å². The lowest BCUT2D eigenvalue weighted by Crippen LogP contribution is -2.40. The average Bonchev–Trinajstić information content (AvgIpc) is 3.30. The second-order valence-electron chi connectivity index (χ2n) is 10.6. The van der Waals surface area contributed by atoms with E-state index < -0.39 is 12.0 Å². The molecule has 0 aliphatic carbocycles. The van der Waals surface area contributed by atoms with E-state index in [1.165, 1.54) is 11.3 Å². The lowest BCUT2D eigenvalue weighted by molar-refractivity contribution is -0.139. The van der Waals surface area contributed by atoms with Crippen LogP contribution in [0, 0.1) is 3.57 Å². The fourth-order valence-electron chi connectivity index (χ4n) is 5.00. The molecule has 0 saturated carbocycles. The van der Waals surface area contributed by atoms with Crippen molar-refractivity contribution in [2.45, 2.75) is 46.4 Å². The van der Waals surface area contributed by atoms with Crippen LogP contribution in [0.2, 0.25) is 5.02 Å². The molecule has 0 amide bonds. The second-order valence-corrected chi connectivity index (χ2v) is 14.1. The Balaban J connectivity index is 1.57. The van der Waals surface area contributed by atoms with Gasteiger partial charge in [0.1, 0.15) is 12.4 Å². The van der Waals surface area contributed by atoms with Gasteiger partial charge in [0, 0.05) is 5.02 Å². The number of benzene rings is 3.